The van der Waals surface area contributed by atoms with E-state index in [2.05, 4.69) is 15.9 Å². The zero-order valence-corrected chi connectivity index (χ0v) is 11.2. The van der Waals surface area contributed by atoms with Gasteiger partial charge in [-0.05, 0) is 40.5 Å². The molecule has 1 aromatic rings. The van der Waals surface area contributed by atoms with Crippen molar-refractivity contribution in [3.8, 4) is 0 Å². The third kappa shape index (κ3) is 3.12. The van der Waals surface area contributed by atoms with Crippen LogP contribution in [0.4, 0.5) is 4.39 Å². The maximum absolute atomic E-state index is 13.5. The molecule has 6 heteroatoms. The molecule has 0 bridgehead atoms. The average molecular weight is 309 g/mol. The molecular formula is C10H10BrFO3S. The van der Waals surface area contributed by atoms with E-state index in [9.17, 15) is 17.6 Å². The Balaban J connectivity index is 3.34. The minimum absolute atomic E-state index is 0.0829. The highest BCUT2D eigenvalue weighted by Crippen LogP contribution is 2.26. The van der Waals surface area contributed by atoms with Crippen LogP contribution < -0.4 is 0 Å². The van der Waals surface area contributed by atoms with E-state index >= 15 is 0 Å². The van der Waals surface area contributed by atoms with Crippen LogP contribution >= 0.6 is 15.9 Å². The van der Waals surface area contributed by atoms with Crippen molar-refractivity contribution in [2.75, 3.05) is 6.26 Å². The molecule has 0 radical (unpaired) electrons. The molecule has 0 amide bonds. The van der Waals surface area contributed by atoms with Gasteiger partial charge in [0, 0.05) is 17.1 Å². The number of carbonyl (C=O) groups is 1. The first-order valence-corrected chi connectivity index (χ1v) is 7.07. The molecule has 0 aliphatic heterocycles. The topological polar surface area (TPSA) is 51.2 Å². The van der Waals surface area contributed by atoms with Crippen LogP contribution in [0.2, 0.25) is 0 Å². The number of Topliss-reactive ketones (excluding diaryl/α,β-unsaturated/α-hetero) is 1. The Morgan fingerprint density at radius 2 is 2.00 bits per heavy atom. The van der Waals surface area contributed by atoms with Crippen molar-refractivity contribution in [3.63, 3.8) is 0 Å². The predicted molar refractivity (Wildman–Crippen MR) is 61.6 cm³/mol. The molecule has 0 aromatic heterocycles. The second-order valence-electron chi connectivity index (χ2n) is 3.54. The van der Waals surface area contributed by atoms with E-state index in [1.165, 1.54) is 13.0 Å². The summed E-state index contributed by atoms with van der Waals surface area (Å²) in [4.78, 5) is 10.5. The van der Waals surface area contributed by atoms with Crippen molar-refractivity contribution in [1.29, 1.82) is 0 Å². The Kier molecular flexibility index (Phi) is 3.85. The van der Waals surface area contributed by atoms with Crippen molar-refractivity contribution in [2.45, 2.75) is 18.2 Å². The highest BCUT2D eigenvalue weighted by Gasteiger charge is 2.19. The van der Waals surface area contributed by atoms with E-state index in [4.69, 9.17) is 0 Å². The molecule has 0 N–H and O–H groups in total. The van der Waals surface area contributed by atoms with Gasteiger partial charge in [0.05, 0.1) is 0 Å². The third-order valence-electron chi connectivity index (χ3n) is 1.88. The van der Waals surface area contributed by atoms with E-state index in [1.807, 2.05) is 0 Å². The lowest BCUT2D eigenvalue weighted by Gasteiger charge is -2.06. The van der Waals surface area contributed by atoms with E-state index in [0.29, 0.717) is 5.56 Å². The first-order valence-electron chi connectivity index (χ1n) is 4.39. The molecular weight excluding hydrogens is 299 g/mol. The summed E-state index contributed by atoms with van der Waals surface area (Å²) in [6.45, 7) is 1.39. The third-order valence-corrected chi connectivity index (χ3v) is 3.93. The lowest BCUT2D eigenvalue weighted by Crippen LogP contribution is -2.05. The summed E-state index contributed by atoms with van der Waals surface area (Å²) in [5.74, 6) is -0.952. The highest BCUT2D eigenvalue weighted by atomic mass is 79.9. The van der Waals surface area contributed by atoms with Gasteiger partial charge in [0.1, 0.15) is 16.5 Å². The molecule has 0 fully saturated rings. The van der Waals surface area contributed by atoms with Gasteiger partial charge in [-0.1, -0.05) is 0 Å². The normalized spacial score (nSPS) is 11.5. The number of benzene rings is 1. The fourth-order valence-corrected chi connectivity index (χ4v) is 3.55. The standard InChI is InChI=1S/C10H10BrFO3S/c1-6(13)3-7-4-8(11)10(9(12)5-7)16(2,14)15/h4-5H,3H2,1-2H3. The summed E-state index contributed by atoms with van der Waals surface area (Å²) in [6.07, 6.45) is 1.01. The Morgan fingerprint density at radius 1 is 1.44 bits per heavy atom. The average Bonchev–Trinajstić information content (AvgIpc) is 1.96. The van der Waals surface area contributed by atoms with Crippen molar-refractivity contribution in [1.82, 2.24) is 0 Å². The minimum atomic E-state index is -3.62. The SMILES string of the molecule is CC(=O)Cc1cc(F)c(S(C)(=O)=O)c(Br)c1. The van der Waals surface area contributed by atoms with Crippen LogP contribution in [0.25, 0.3) is 0 Å². The Labute approximate surface area is 102 Å². The molecule has 3 nitrogen and oxygen atoms in total. The number of halogens is 2. The van der Waals surface area contributed by atoms with Gasteiger partial charge in [-0.25, -0.2) is 12.8 Å². The lowest BCUT2D eigenvalue weighted by molar-refractivity contribution is -0.116. The van der Waals surface area contributed by atoms with Gasteiger partial charge < -0.3 is 0 Å². The van der Waals surface area contributed by atoms with Gasteiger partial charge >= 0.3 is 0 Å². The van der Waals surface area contributed by atoms with Crippen molar-refractivity contribution in [3.05, 3.63) is 28.0 Å². The second-order valence-corrected chi connectivity index (χ2v) is 6.35. The van der Waals surface area contributed by atoms with Crippen LogP contribution in [0, 0.1) is 5.82 Å². The fraction of sp³-hybridized carbons (Fsp3) is 0.300. The molecule has 0 aliphatic rings. The zero-order chi connectivity index (χ0) is 12.5. The first kappa shape index (κ1) is 13.3. The maximum Gasteiger partial charge on any atom is 0.179 e. The van der Waals surface area contributed by atoms with E-state index in [-0.39, 0.29) is 21.6 Å². The molecule has 0 saturated heterocycles. The molecule has 0 atom stereocenters. The van der Waals surface area contributed by atoms with Crippen LogP contribution in [-0.4, -0.2) is 20.5 Å². The van der Waals surface area contributed by atoms with Crippen LogP contribution in [-0.2, 0) is 21.1 Å². The first-order chi connectivity index (χ1) is 7.21. The predicted octanol–water partition coefficient (Wildman–Crippen LogP) is 2.12. The van der Waals surface area contributed by atoms with E-state index in [0.717, 1.165) is 12.3 Å². The van der Waals surface area contributed by atoms with Gasteiger partial charge in [0.15, 0.2) is 9.84 Å². The molecule has 16 heavy (non-hydrogen) atoms. The number of carbonyl (C=O) groups excluding carboxylic acids is 1. The summed E-state index contributed by atoms with van der Waals surface area (Å²) in [6, 6.07) is 2.52. The number of ketones is 1. The Morgan fingerprint density at radius 3 is 2.38 bits per heavy atom. The second kappa shape index (κ2) is 4.63. The molecule has 0 spiro atoms. The molecule has 0 heterocycles. The number of hydrogen-bond acceptors (Lipinski definition) is 3. The Hall–Kier alpha value is -0.750. The molecule has 88 valence electrons. The van der Waals surface area contributed by atoms with Crippen LogP contribution in [0.1, 0.15) is 12.5 Å². The molecule has 0 saturated carbocycles. The Bertz CT molecular complexity index is 514. The summed E-state index contributed by atoms with van der Waals surface area (Å²) < 4.78 is 36.2. The minimum Gasteiger partial charge on any atom is -0.300 e. The molecule has 1 rings (SSSR count). The van der Waals surface area contributed by atoms with Gasteiger partial charge in [-0.15, -0.1) is 0 Å². The monoisotopic (exact) mass is 308 g/mol. The number of hydrogen-bond donors (Lipinski definition) is 0. The highest BCUT2D eigenvalue weighted by molar-refractivity contribution is 9.10. The summed E-state index contributed by atoms with van der Waals surface area (Å²) in [7, 11) is -3.62. The molecule has 0 unspecified atom stereocenters. The lowest BCUT2D eigenvalue weighted by atomic mass is 10.1. The largest absolute Gasteiger partial charge is 0.300 e. The smallest absolute Gasteiger partial charge is 0.179 e. The van der Waals surface area contributed by atoms with Crippen LogP contribution in [0.5, 0.6) is 0 Å². The van der Waals surface area contributed by atoms with Crippen LogP contribution in [0.3, 0.4) is 0 Å². The quantitative estimate of drug-likeness (QED) is 0.859. The summed E-state index contributed by atoms with van der Waals surface area (Å²) in [5, 5.41) is 0. The van der Waals surface area contributed by atoms with Gasteiger partial charge in [0.25, 0.3) is 0 Å². The van der Waals surface area contributed by atoms with Gasteiger partial charge in [0.2, 0.25) is 0 Å². The summed E-state index contributed by atoms with van der Waals surface area (Å²) >= 11 is 2.99. The zero-order valence-electron chi connectivity index (χ0n) is 8.75. The molecule has 1 aromatic carbocycles. The number of rotatable bonds is 3. The van der Waals surface area contributed by atoms with Crippen molar-refractivity contribution < 1.29 is 17.6 Å². The van der Waals surface area contributed by atoms with Gasteiger partial charge in [-0.3, -0.25) is 4.79 Å². The van der Waals surface area contributed by atoms with Crippen molar-refractivity contribution >= 4 is 31.6 Å². The molecule has 0 aliphatic carbocycles. The van der Waals surface area contributed by atoms with Gasteiger partial charge in [-0.2, -0.15) is 0 Å². The van der Waals surface area contributed by atoms with E-state index in [1.54, 1.807) is 0 Å². The van der Waals surface area contributed by atoms with E-state index < -0.39 is 15.7 Å². The number of sulfone groups is 1. The maximum atomic E-state index is 13.5. The summed E-state index contributed by atoms with van der Waals surface area (Å²) in [5.41, 5.74) is 0.448. The van der Waals surface area contributed by atoms with Crippen LogP contribution in [0.15, 0.2) is 21.5 Å². The fourth-order valence-electron chi connectivity index (χ4n) is 1.36. The van der Waals surface area contributed by atoms with Crippen molar-refractivity contribution in [2.24, 2.45) is 0 Å².